The number of aliphatic hydroxyl groups is 1. The Balaban J connectivity index is 2.73. The number of unbranched alkanes of at least 4 members (excludes halogenated alkanes) is 1. The summed E-state index contributed by atoms with van der Waals surface area (Å²) in [6.45, 7) is 2.09. The fourth-order valence-corrected chi connectivity index (χ4v) is 2.38. The van der Waals surface area contributed by atoms with Gasteiger partial charge in [-0.1, -0.05) is 19.8 Å². The third-order valence-electron chi connectivity index (χ3n) is 3.31. The van der Waals surface area contributed by atoms with E-state index in [2.05, 4.69) is 6.92 Å². The lowest BCUT2D eigenvalue weighted by Crippen LogP contribution is -2.39. The first-order valence-electron chi connectivity index (χ1n) is 5.44. The van der Waals surface area contributed by atoms with E-state index in [-0.39, 0.29) is 5.97 Å². The first kappa shape index (κ1) is 11.5. The maximum Gasteiger partial charge on any atom is 0.314 e. The molecule has 0 saturated heterocycles. The number of esters is 1. The van der Waals surface area contributed by atoms with Gasteiger partial charge in [0.2, 0.25) is 0 Å². The minimum absolute atomic E-state index is 0.226. The number of aliphatic hydroxyl groups excluding tert-OH is 1. The van der Waals surface area contributed by atoms with Crippen LogP contribution in [-0.4, -0.2) is 24.3 Å². The Morgan fingerprint density at radius 3 is 2.79 bits per heavy atom. The van der Waals surface area contributed by atoms with Crippen molar-refractivity contribution < 1.29 is 14.6 Å². The smallest absolute Gasteiger partial charge is 0.314 e. The molecule has 0 heterocycles. The molecule has 1 rings (SSSR count). The van der Waals surface area contributed by atoms with E-state index in [1.165, 1.54) is 7.11 Å². The lowest BCUT2D eigenvalue weighted by molar-refractivity contribution is -0.159. The summed E-state index contributed by atoms with van der Waals surface area (Å²) in [6.07, 6.45) is 4.73. The molecule has 0 spiro atoms. The zero-order chi connectivity index (χ0) is 10.6. The molecule has 2 atom stereocenters. The van der Waals surface area contributed by atoms with Gasteiger partial charge in [-0.25, -0.2) is 0 Å². The van der Waals surface area contributed by atoms with E-state index in [1.807, 2.05) is 0 Å². The molecule has 3 heteroatoms. The molecular formula is C11H20O3. The highest BCUT2D eigenvalue weighted by Crippen LogP contribution is 2.43. The van der Waals surface area contributed by atoms with Crippen LogP contribution < -0.4 is 0 Å². The zero-order valence-electron chi connectivity index (χ0n) is 9.08. The monoisotopic (exact) mass is 200 g/mol. The van der Waals surface area contributed by atoms with Gasteiger partial charge < -0.3 is 9.84 Å². The number of hydrogen-bond donors (Lipinski definition) is 1. The molecule has 14 heavy (non-hydrogen) atoms. The van der Waals surface area contributed by atoms with Crippen molar-refractivity contribution in [3.8, 4) is 0 Å². The van der Waals surface area contributed by atoms with Gasteiger partial charge in [0.25, 0.3) is 0 Å². The zero-order valence-corrected chi connectivity index (χ0v) is 9.08. The van der Waals surface area contributed by atoms with Crippen LogP contribution in [0.25, 0.3) is 0 Å². The second kappa shape index (κ2) is 4.78. The Hall–Kier alpha value is -0.570. The molecule has 0 radical (unpaired) electrons. The molecule has 3 nitrogen and oxygen atoms in total. The summed E-state index contributed by atoms with van der Waals surface area (Å²) in [7, 11) is 1.40. The average molecular weight is 200 g/mol. The van der Waals surface area contributed by atoms with Gasteiger partial charge in [0.15, 0.2) is 0 Å². The molecule has 0 aliphatic heterocycles. The Bertz CT molecular complexity index is 203. The molecule has 0 aromatic carbocycles. The molecule has 0 unspecified atom stereocenters. The van der Waals surface area contributed by atoms with Crippen LogP contribution in [0.1, 0.15) is 45.4 Å². The van der Waals surface area contributed by atoms with Gasteiger partial charge in [-0.3, -0.25) is 4.79 Å². The third kappa shape index (κ3) is 1.92. The normalized spacial score (nSPS) is 31.8. The van der Waals surface area contributed by atoms with E-state index in [0.29, 0.717) is 0 Å². The van der Waals surface area contributed by atoms with Crippen LogP contribution in [0.5, 0.6) is 0 Å². The SMILES string of the molecule is CCCC[C@@]1(C(=O)OC)CCC[C@H]1O. The van der Waals surface area contributed by atoms with E-state index in [9.17, 15) is 9.90 Å². The molecule has 1 N–H and O–H groups in total. The third-order valence-corrected chi connectivity index (χ3v) is 3.31. The number of methoxy groups -OCH3 is 1. The maximum atomic E-state index is 11.7. The van der Waals surface area contributed by atoms with E-state index >= 15 is 0 Å². The molecule has 0 amide bonds. The Kier molecular flexibility index (Phi) is 3.93. The molecule has 1 aliphatic carbocycles. The highest BCUT2D eigenvalue weighted by molar-refractivity contribution is 5.77. The first-order valence-corrected chi connectivity index (χ1v) is 5.44. The summed E-state index contributed by atoms with van der Waals surface area (Å²) in [5, 5.41) is 9.87. The second-order valence-corrected chi connectivity index (χ2v) is 4.16. The summed E-state index contributed by atoms with van der Waals surface area (Å²) in [5.74, 6) is -0.226. The van der Waals surface area contributed by atoms with Crippen molar-refractivity contribution >= 4 is 5.97 Å². The van der Waals surface area contributed by atoms with Crippen LogP contribution in [0.3, 0.4) is 0 Å². The molecule has 1 fully saturated rings. The summed E-state index contributed by atoms with van der Waals surface area (Å²) < 4.78 is 4.81. The summed E-state index contributed by atoms with van der Waals surface area (Å²) in [6, 6.07) is 0. The standard InChI is InChI=1S/C11H20O3/c1-3-4-7-11(10(13)14-2)8-5-6-9(11)12/h9,12H,3-8H2,1-2H3/t9-,11-/m1/s1. The minimum atomic E-state index is -0.592. The minimum Gasteiger partial charge on any atom is -0.469 e. The lowest BCUT2D eigenvalue weighted by Gasteiger charge is -2.29. The van der Waals surface area contributed by atoms with E-state index in [0.717, 1.165) is 38.5 Å². The van der Waals surface area contributed by atoms with Gasteiger partial charge in [-0.2, -0.15) is 0 Å². The fraction of sp³-hybridized carbons (Fsp3) is 0.909. The summed E-state index contributed by atoms with van der Waals surface area (Å²) in [4.78, 5) is 11.7. The Labute approximate surface area is 85.5 Å². The van der Waals surface area contributed by atoms with E-state index in [1.54, 1.807) is 0 Å². The van der Waals surface area contributed by atoms with Gasteiger partial charge in [-0.15, -0.1) is 0 Å². The topological polar surface area (TPSA) is 46.5 Å². The molecule has 0 aromatic heterocycles. The molecule has 82 valence electrons. The van der Waals surface area contributed by atoms with Crippen molar-refractivity contribution in [2.24, 2.45) is 5.41 Å². The molecule has 0 aromatic rings. The lowest BCUT2D eigenvalue weighted by atomic mass is 9.79. The molecule has 1 aliphatic rings. The molecule has 0 bridgehead atoms. The number of carbonyl (C=O) groups is 1. The second-order valence-electron chi connectivity index (χ2n) is 4.16. The van der Waals surface area contributed by atoms with Crippen molar-refractivity contribution in [2.45, 2.75) is 51.6 Å². The predicted molar refractivity (Wildman–Crippen MR) is 53.8 cm³/mol. The van der Waals surface area contributed by atoms with Crippen LogP contribution >= 0.6 is 0 Å². The summed E-state index contributed by atoms with van der Waals surface area (Å²) >= 11 is 0. The van der Waals surface area contributed by atoms with Crippen LogP contribution in [0.15, 0.2) is 0 Å². The van der Waals surface area contributed by atoms with Crippen molar-refractivity contribution in [3.05, 3.63) is 0 Å². The highest BCUT2D eigenvalue weighted by atomic mass is 16.5. The van der Waals surface area contributed by atoms with Crippen LogP contribution in [0.4, 0.5) is 0 Å². The van der Waals surface area contributed by atoms with Crippen molar-refractivity contribution in [1.29, 1.82) is 0 Å². The first-order chi connectivity index (χ1) is 6.67. The van der Waals surface area contributed by atoms with E-state index in [4.69, 9.17) is 4.74 Å². The van der Waals surface area contributed by atoms with Crippen molar-refractivity contribution in [2.75, 3.05) is 7.11 Å². The Morgan fingerprint density at radius 2 is 2.36 bits per heavy atom. The fourth-order valence-electron chi connectivity index (χ4n) is 2.38. The summed E-state index contributed by atoms with van der Waals surface area (Å²) in [5.41, 5.74) is -0.592. The average Bonchev–Trinajstić information content (AvgIpc) is 2.57. The number of carbonyl (C=O) groups excluding carboxylic acids is 1. The Morgan fingerprint density at radius 1 is 1.64 bits per heavy atom. The van der Waals surface area contributed by atoms with Crippen molar-refractivity contribution in [3.63, 3.8) is 0 Å². The van der Waals surface area contributed by atoms with Crippen LogP contribution in [0, 0.1) is 5.41 Å². The molecule has 1 saturated carbocycles. The quantitative estimate of drug-likeness (QED) is 0.705. The number of hydrogen-bond acceptors (Lipinski definition) is 3. The van der Waals surface area contributed by atoms with Gasteiger partial charge >= 0.3 is 5.97 Å². The largest absolute Gasteiger partial charge is 0.469 e. The highest BCUT2D eigenvalue weighted by Gasteiger charge is 2.48. The van der Waals surface area contributed by atoms with E-state index < -0.39 is 11.5 Å². The van der Waals surface area contributed by atoms with Gasteiger partial charge in [0, 0.05) is 0 Å². The van der Waals surface area contributed by atoms with Crippen LogP contribution in [-0.2, 0) is 9.53 Å². The van der Waals surface area contributed by atoms with Gasteiger partial charge in [0.05, 0.1) is 18.6 Å². The predicted octanol–water partition coefficient (Wildman–Crippen LogP) is 1.88. The van der Waals surface area contributed by atoms with Crippen molar-refractivity contribution in [1.82, 2.24) is 0 Å². The van der Waals surface area contributed by atoms with Gasteiger partial charge in [0.1, 0.15) is 0 Å². The number of rotatable bonds is 4. The van der Waals surface area contributed by atoms with Gasteiger partial charge in [-0.05, 0) is 25.7 Å². The maximum absolute atomic E-state index is 11.7. The van der Waals surface area contributed by atoms with Crippen LogP contribution in [0.2, 0.25) is 0 Å². The molecular weight excluding hydrogens is 180 g/mol. The number of ether oxygens (including phenoxy) is 1.